The Morgan fingerprint density at radius 3 is 1.93 bits per heavy atom. The molecule has 0 fully saturated rings. The highest BCUT2D eigenvalue weighted by Crippen LogP contribution is 2.53. The summed E-state index contributed by atoms with van der Waals surface area (Å²) in [7, 11) is -1.00. The number of nitrogens with zero attached hydrogens (tertiary/aromatic N) is 1. The molecule has 15 nitrogen and oxygen atoms in total. The summed E-state index contributed by atoms with van der Waals surface area (Å²) < 4.78 is 37.4. The van der Waals surface area contributed by atoms with Crippen molar-refractivity contribution in [2.45, 2.75) is 79.5 Å². The van der Waals surface area contributed by atoms with Crippen LogP contribution in [-0.4, -0.2) is 65.6 Å². The van der Waals surface area contributed by atoms with Crippen molar-refractivity contribution in [2.24, 2.45) is 0 Å². The number of halogens is 2. The molecule has 0 saturated carbocycles. The van der Waals surface area contributed by atoms with Crippen molar-refractivity contribution in [1.29, 1.82) is 0 Å². The number of nitrogens with one attached hydrogen (secondary N) is 1. The first kappa shape index (κ1) is 55.8. The van der Waals surface area contributed by atoms with Crippen molar-refractivity contribution in [3.05, 3.63) is 155 Å². The van der Waals surface area contributed by atoms with Crippen LogP contribution in [-0.2, 0) is 23.9 Å². The van der Waals surface area contributed by atoms with Crippen LogP contribution in [0.2, 0.25) is 0 Å². The third-order valence-electron chi connectivity index (χ3n) is 11.5. The quantitative estimate of drug-likeness (QED) is 0.0508. The smallest absolute Gasteiger partial charge is 0.339 e. The Labute approximate surface area is 430 Å². The number of nitrogen functional groups attached to an aromatic ring is 2. The fraction of sp³-hybridized carbons (Fsp3) is 0.250. The summed E-state index contributed by atoms with van der Waals surface area (Å²) >= 11 is 0. The van der Waals surface area contributed by atoms with E-state index in [1.54, 1.807) is 60.7 Å². The molecule has 5 aromatic rings. The summed E-state index contributed by atoms with van der Waals surface area (Å²) in [6.07, 6.45) is -0.477. The van der Waals surface area contributed by atoms with Gasteiger partial charge in [-0.05, 0) is 82.3 Å². The molecular formula is C56H61ClFN5O10. The number of amides is 1. The summed E-state index contributed by atoms with van der Waals surface area (Å²) in [6, 6.07) is 37.4. The first-order valence-corrected chi connectivity index (χ1v) is 22.9. The number of hydrogen-bond acceptors (Lipinski definition) is 12. The number of carbonyl (C=O) groups is 5. The van der Waals surface area contributed by atoms with Gasteiger partial charge in [0.25, 0.3) is 0 Å². The summed E-state index contributed by atoms with van der Waals surface area (Å²) in [4.78, 5) is 57.7. The minimum absolute atomic E-state index is 0. The number of esters is 3. The van der Waals surface area contributed by atoms with Crippen LogP contribution in [0.3, 0.4) is 0 Å². The SMILES string of the molecule is CC(=O)Nc1ccc2c(c1)Oc1cc(N)ccc1C2C1OC(=O)c2ccccc21.CC(=O)OC(C)=O.CCN(C(C)C)C(C)C.Nc1ccc2c(-c3ccccc3C(=O)O)c3ccc(=[NH2+])cc-3oc2c1.[2H]CF.[Cl-]. The average molecular weight is 1020 g/mol. The van der Waals surface area contributed by atoms with Crippen LogP contribution in [0.25, 0.3) is 33.4 Å². The number of benzene rings is 6. The third kappa shape index (κ3) is 14.1. The minimum Gasteiger partial charge on any atom is -1.00 e. The number of ether oxygens (including phenoxy) is 3. The number of aromatic carboxylic acids is 1. The van der Waals surface area contributed by atoms with Crippen molar-refractivity contribution < 1.29 is 71.3 Å². The van der Waals surface area contributed by atoms with Gasteiger partial charge in [0.15, 0.2) is 5.36 Å². The van der Waals surface area contributed by atoms with Gasteiger partial charge >= 0.3 is 23.9 Å². The van der Waals surface area contributed by atoms with E-state index in [-0.39, 0.29) is 35.8 Å². The molecule has 1 aliphatic carbocycles. The lowest BCUT2D eigenvalue weighted by Gasteiger charge is -2.32. The molecule has 0 bridgehead atoms. The van der Waals surface area contributed by atoms with Crippen LogP contribution < -0.4 is 44.7 Å². The Kier molecular flexibility index (Phi) is 19.8. The molecule has 0 saturated heterocycles. The molecular weight excluding hydrogens is 957 g/mol. The van der Waals surface area contributed by atoms with E-state index in [0.29, 0.717) is 68.5 Å². The predicted octanol–water partition coefficient (Wildman–Crippen LogP) is 6.33. The van der Waals surface area contributed by atoms with E-state index in [4.69, 9.17) is 32.1 Å². The molecule has 384 valence electrons. The summed E-state index contributed by atoms with van der Waals surface area (Å²) in [5.41, 5.74) is 19.8. The van der Waals surface area contributed by atoms with Crippen LogP contribution in [0.15, 0.2) is 126 Å². The first-order valence-electron chi connectivity index (χ1n) is 23.7. The minimum atomic E-state index is -1.00. The highest BCUT2D eigenvalue weighted by Gasteiger charge is 2.42. The molecule has 3 heterocycles. The molecule has 5 aromatic carbocycles. The number of hydrogen-bond donors (Lipinski definition) is 5. The van der Waals surface area contributed by atoms with Crippen LogP contribution in [0.4, 0.5) is 21.5 Å². The van der Waals surface area contributed by atoms with Gasteiger partial charge in [0.05, 0.1) is 31.6 Å². The number of nitrogens with two attached hydrogens (primary N) is 3. The maximum Gasteiger partial charge on any atom is 0.339 e. The van der Waals surface area contributed by atoms with Crippen molar-refractivity contribution >= 4 is 57.8 Å². The lowest BCUT2D eigenvalue weighted by Crippen LogP contribution is -3.00. The fourth-order valence-corrected chi connectivity index (χ4v) is 8.72. The number of carboxylic acid groups (broad SMARTS) is 1. The summed E-state index contributed by atoms with van der Waals surface area (Å²) in [5.74, 6) is -1.07. The highest BCUT2D eigenvalue weighted by molar-refractivity contribution is 6.07. The third-order valence-corrected chi connectivity index (χ3v) is 11.5. The Morgan fingerprint density at radius 2 is 1.36 bits per heavy atom. The lowest BCUT2D eigenvalue weighted by molar-refractivity contribution is -0.172. The van der Waals surface area contributed by atoms with Gasteiger partial charge in [-0.15, -0.1) is 0 Å². The van der Waals surface area contributed by atoms with Crippen molar-refractivity contribution in [3.8, 4) is 33.9 Å². The van der Waals surface area contributed by atoms with E-state index in [1.807, 2.05) is 60.7 Å². The molecule has 2 unspecified atom stereocenters. The second kappa shape index (κ2) is 25.9. The zero-order chi connectivity index (χ0) is 53.7. The van der Waals surface area contributed by atoms with Gasteiger partial charge in [-0.2, -0.15) is 0 Å². The average Bonchev–Trinajstić information content (AvgIpc) is 3.65. The van der Waals surface area contributed by atoms with Crippen LogP contribution >= 0.6 is 0 Å². The zero-order valence-corrected chi connectivity index (χ0v) is 42.6. The van der Waals surface area contributed by atoms with E-state index >= 15 is 0 Å². The monoisotopic (exact) mass is 1020 g/mol. The van der Waals surface area contributed by atoms with Gasteiger partial charge in [-0.25, -0.2) is 9.59 Å². The highest BCUT2D eigenvalue weighted by atomic mass is 35.5. The van der Waals surface area contributed by atoms with E-state index in [9.17, 15) is 33.5 Å². The zero-order valence-electron chi connectivity index (χ0n) is 42.8. The van der Waals surface area contributed by atoms with Crippen LogP contribution in [0.5, 0.6) is 11.5 Å². The van der Waals surface area contributed by atoms with Gasteiger partial charge in [-0.3, -0.25) is 29.1 Å². The van der Waals surface area contributed by atoms with Gasteiger partial charge < -0.3 is 52.9 Å². The van der Waals surface area contributed by atoms with E-state index in [0.717, 1.165) is 39.7 Å². The number of carbonyl (C=O) groups excluding carboxylic acids is 4. The molecule has 8 N–H and O–H groups in total. The van der Waals surface area contributed by atoms with Gasteiger partial charge in [0, 0.05) is 107 Å². The predicted molar refractivity (Wildman–Crippen MR) is 275 cm³/mol. The molecule has 73 heavy (non-hydrogen) atoms. The standard InChI is InChI=1S/C23H18N2O4.C20H14N2O3.C8H19N.C4H6O3.CH3F.ClH/c1-12(26)25-14-7-9-18-20(11-14)28-19-10-13(24)6-8-17(19)21(18)22-15-4-2-3-5-16(15)23(27)29-22;21-11-5-7-15-17(9-11)25-18-10-12(22)6-8-16(18)19(15)13-3-1-2-4-14(13)20(23)24;1-6-9(7(2)3)8(4)5;1-3(5)7-4(2)6;1-2;/h2-11,21-22H,24H2,1H3,(H,25,26);1-10,21H,22H2,(H,23,24);7-8H,6H2,1-5H3;1-2H3;1H3;1H/i;;;;1D;. The summed E-state index contributed by atoms with van der Waals surface area (Å²) in [5, 5.41) is 19.6. The Bertz CT molecular complexity index is 3150. The topological polar surface area (TPSA) is 239 Å². The van der Waals surface area contributed by atoms with Gasteiger partial charge in [-0.1, -0.05) is 55.5 Å². The largest absolute Gasteiger partial charge is 1.00 e. The lowest BCUT2D eigenvalue weighted by atomic mass is 9.81. The number of alkyl halides is 1. The van der Waals surface area contributed by atoms with Crippen molar-refractivity contribution in [3.63, 3.8) is 0 Å². The normalized spacial score (nSPS) is 13.7. The van der Waals surface area contributed by atoms with Gasteiger partial charge in [0.1, 0.15) is 28.9 Å². The van der Waals surface area contributed by atoms with Gasteiger partial charge in [0.2, 0.25) is 5.91 Å². The van der Waals surface area contributed by atoms with E-state index in [1.165, 1.54) is 20.8 Å². The Balaban J connectivity index is 0.000000238. The molecule has 0 spiro atoms. The maximum atomic E-state index is 12.5. The Morgan fingerprint density at radius 1 is 0.781 bits per heavy atom. The number of cyclic esters (lactones) is 1. The number of rotatable bonds is 7. The maximum absolute atomic E-state index is 12.5. The van der Waals surface area contributed by atoms with Crippen LogP contribution in [0, 0.1) is 0 Å². The molecule has 0 radical (unpaired) electrons. The number of fused-ring (bicyclic) bond motifs is 5. The molecule has 0 aromatic heterocycles. The molecule has 17 heteroatoms. The van der Waals surface area contributed by atoms with Crippen LogP contribution in [0.1, 0.15) is 106 Å². The molecule has 4 aliphatic rings. The second-order valence-corrected chi connectivity index (χ2v) is 17.2. The summed E-state index contributed by atoms with van der Waals surface area (Å²) in [6.45, 7) is 16.1. The second-order valence-electron chi connectivity index (χ2n) is 17.2. The number of anilines is 3. The van der Waals surface area contributed by atoms with Crippen molar-refractivity contribution in [2.75, 3.05) is 30.5 Å². The number of carboxylic acids is 1. The fourth-order valence-electron chi connectivity index (χ4n) is 8.72. The van der Waals surface area contributed by atoms with Crippen molar-refractivity contribution in [1.82, 2.24) is 4.90 Å². The molecule has 3 aliphatic heterocycles. The molecule has 1 amide bonds. The Hall–Kier alpha value is -8.08. The molecule has 2 atom stereocenters. The van der Waals surface area contributed by atoms with E-state index < -0.39 is 31.2 Å². The first-order chi connectivity index (χ1) is 34.7. The molecule has 9 rings (SSSR count). The van der Waals surface area contributed by atoms with E-state index in [2.05, 4.69) is 49.6 Å².